The summed E-state index contributed by atoms with van der Waals surface area (Å²) in [5.74, 6) is -0.302. The molecule has 0 radical (unpaired) electrons. The normalized spacial score (nSPS) is 14.1. The van der Waals surface area contributed by atoms with Crippen LogP contribution in [0.1, 0.15) is 13.8 Å². The largest absolute Gasteiger partial charge is 0.394 e. The molecule has 0 aromatic carbocycles. The Bertz CT molecular complexity index is 157. The second kappa shape index (κ2) is 4.69. The summed E-state index contributed by atoms with van der Waals surface area (Å²) in [6.45, 7) is 2.58. The van der Waals surface area contributed by atoms with E-state index in [0.29, 0.717) is 0 Å². The molecule has 0 aliphatic carbocycles. The van der Waals surface area contributed by atoms with Gasteiger partial charge in [-0.05, 0) is 13.8 Å². The Morgan fingerprint density at radius 2 is 2.00 bits per heavy atom. The fourth-order valence-corrected chi connectivity index (χ4v) is 0.595. The minimum absolute atomic E-state index is 0.296. The molecule has 4 nitrogen and oxygen atoms in total. The van der Waals surface area contributed by atoms with E-state index in [4.69, 9.17) is 10.2 Å². The molecule has 0 fully saturated rings. The highest BCUT2D eigenvalue weighted by molar-refractivity contribution is 7.81. The van der Waals surface area contributed by atoms with Gasteiger partial charge in [0.1, 0.15) is 0 Å². The smallest absolute Gasteiger partial charge is 0.233 e. The Hall–Kier alpha value is -0.260. The van der Waals surface area contributed by atoms with Gasteiger partial charge in [-0.15, -0.1) is 0 Å². The lowest BCUT2D eigenvalue weighted by molar-refractivity contribution is -0.123. The minimum Gasteiger partial charge on any atom is -0.394 e. The fourth-order valence-electron chi connectivity index (χ4n) is 0.531. The Morgan fingerprint density at radius 1 is 1.58 bits per heavy atom. The molecule has 0 aromatic heterocycles. The van der Waals surface area contributed by atoms with E-state index in [0.717, 1.165) is 0 Å². The Kier molecular flexibility index (Phi) is 4.59. The highest BCUT2D eigenvalue weighted by atomic mass is 32.1. The highest BCUT2D eigenvalue weighted by Gasteiger charge is 2.25. The van der Waals surface area contributed by atoms with Crippen LogP contribution in [0.2, 0.25) is 0 Å². The molecule has 5 heteroatoms. The van der Waals surface area contributed by atoms with Crippen LogP contribution in [0, 0.1) is 0 Å². The van der Waals surface area contributed by atoms with Gasteiger partial charge in [0.15, 0.2) is 0 Å². The van der Waals surface area contributed by atoms with Crippen molar-refractivity contribution in [3.05, 3.63) is 0 Å². The first kappa shape index (κ1) is 11.7. The molecule has 1 amide bonds. The van der Waals surface area contributed by atoms with Crippen LogP contribution in [0.5, 0.6) is 0 Å². The van der Waals surface area contributed by atoms with Gasteiger partial charge in [-0.2, -0.15) is 12.6 Å². The lowest BCUT2D eigenvalue weighted by Crippen LogP contribution is -2.53. The second-order valence-electron chi connectivity index (χ2n) is 3.04. The van der Waals surface area contributed by atoms with Crippen molar-refractivity contribution in [1.82, 2.24) is 5.32 Å². The number of thiol groups is 1. The predicted molar refractivity (Wildman–Crippen MR) is 49.2 cm³/mol. The minimum atomic E-state index is -0.950. The maximum absolute atomic E-state index is 11.1. The number of aliphatic hydroxyl groups excluding tert-OH is 2. The van der Waals surface area contributed by atoms with Crippen molar-refractivity contribution in [3.63, 3.8) is 0 Å². The van der Waals surface area contributed by atoms with Crippen LogP contribution in [-0.2, 0) is 4.79 Å². The average Bonchev–Trinajstić information content (AvgIpc) is 2.04. The zero-order chi connectivity index (χ0) is 9.78. The standard InChI is InChI=1S/C7H15NO3S/c1-5(12)6(11)8-7(2,3-9)4-10/h5,9-10,12H,3-4H2,1-2H3,(H,8,11). The Morgan fingerprint density at radius 3 is 2.25 bits per heavy atom. The van der Waals surface area contributed by atoms with E-state index in [-0.39, 0.29) is 19.1 Å². The average molecular weight is 193 g/mol. The molecule has 0 aliphatic heterocycles. The number of rotatable bonds is 4. The molecule has 0 aliphatic rings. The molecule has 0 rings (SSSR count). The van der Waals surface area contributed by atoms with Crippen molar-refractivity contribution in [1.29, 1.82) is 0 Å². The zero-order valence-corrected chi connectivity index (χ0v) is 8.14. The number of aliphatic hydroxyl groups is 2. The Labute approximate surface area is 77.4 Å². The summed E-state index contributed by atoms with van der Waals surface area (Å²) in [4.78, 5) is 11.1. The number of nitrogens with one attached hydrogen (secondary N) is 1. The van der Waals surface area contributed by atoms with E-state index >= 15 is 0 Å². The third kappa shape index (κ3) is 3.42. The molecular weight excluding hydrogens is 178 g/mol. The molecule has 0 saturated heterocycles. The molecule has 0 aromatic rings. The van der Waals surface area contributed by atoms with Crippen LogP contribution in [0.15, 0.2) is 0 Å². The SMILES string of the molecule is CC(S)C(=O)NC(C)(CO)CO. The summed E-state index contributed by atoms with van der Waals surface area (Å²) in [6, 6.07) is 0. The van der Waals surface area contributed by atoms with Gasteiger partial charge in [0.05, 0.1) is 24.0 Å². The van der Waals surface area contributed by atoms with Gasteiger partial charge < -0.3 is 15.5 Å². The third-order valence-electron chi connectivity index (χ3n) is 1.50. The molecule has 0 saturated carbocycles. The lowest BCUT2D eigenvalue weighted by Gasteiger charge is -2.26. The first-order valence-electron chi connectivity index (χ1n) is 3.67. The summed E-state index contributed by atoms with van der Waals surface area (Å²) >= 11 is 3.91. The molecule has 0 bridgehead atoms. The molecule has 3 N–H and O–H groups in total. The monoisotopic (exact) mass is 193 g/mol. The molecule has 12 heavy (non-hydrogen) atoms. The zero-order valence-electron chi connectivity index (χ0n) is 7.24. The van der Waals surface area contributed by atoms with Gasteiger partial charge in [-0.25, -0.2) is 0 Å². The van der Waals surface area contributed by atoms with E-state index < -0.39 is 10.8 Å². The van der Waals surface area contributed by atoms with E-state index in [1.54, 1.807) is 13.8 Å². The van der Waals surface area contributed by atoms with Crippen molar-refractivity contribution in [2.45, 2.75) is 24.6 Å². The van der Waals surface area contributed by atoms with Crippen LogP contribution in [0.3, 0.4) is 0 Å². The van der Waals surface area contributed by atoms with Gasteiger partial charge in [0, 0.05) is 0 Å². The summed E-state index contributed by atoms with van der Waals surface area (Å²) in [6.07, 6.45) is 0. The van der Waals surface area contributed by atoms with Gasteiger partial charge in [-0.1, -0.05) is 0 Å². The van der Waals surface area contributed by atoms with E-state index in [9.17, 15) is 4.79 Å². The number of carbonyl (C=O) groups is 1. The number of hydrogen-bond acceptors (Lipinski definition) is 4. The van der Waals surface area contributed by atoms with Crippen molar-refractivity contribution < 1.29 is 15.0 Å². The summed E-state index contributed by atoms with van der Waals surface area (Å²) in [7, 11) is 0. The Balaban J connectivity index is 4.12. The second-order valence-corrected chi connectivity index (χ2v) is 3.82. The van der Waals surface area contributed by atoms with Crippen LogP contribution in [0.4, 0.5) is 0 Å². The van der Waals surface area contributed by atoms with Crippen molar-refractivity contribution in [2.24, 2.45) is 0 Å². The van der Waals surface area contributed by atoms with Gasteiger partial charge in [0.2, 0.25) is 5.91 Å². The highest BCUT2D eigenvalue weighted by Crippen LogP contribution is 2.02. The molecule has 1 unspecified atom stereocenters. The summed E-state index contributed by atoms with van der Waals surface area (Å²) in [5, 5.41) is 19.7. The summed E-state index contributed by atoms with van der Waals surface area (Å²) < 4.78 is 0. The van der Waals surface area contributed by atoms with Crippen LogP contribution < -0.4 is 5.32 Å². The fraction of sp³-hybridized carbons (Fsp3) is 0.857. The van der Waals surface area contributed by atoms with Crippen LogP contribution >= 0.6 is 12.6 Å². The lowest BCUT2D eigenvalue weighted by atomic mass is 10.1. The number of carbonyl (C=O) groups excluding carboxylic acids is 1. The maximum Gasteiger partial charge on any atom is 0.233 e. The van der Waals surface area contributed by atoms with Crippen molar-refractivity contribution >= 4 is 18.5 Å². The molecular formula is C7H15NO3S. The van der Waals surface area contributed by atoms with Gasteiger partial charge >= 0.3 is 0 Å². The van der Waals surface area contributed by atoms with Crippen LogP contribution in [0.25, 0.3) is 0 Å². The quantitative estimate of drug-likeness (QED) is 0.440. The van der Waals surface area contributed by atoms with E-state index in [2.05, 4.69) is 17.9 Å². The van der Waals surface area contributed by atoms with Crippen LogP contribution in [-0.4, -0.2) is 40.1 Å². The summed E-state index contributed by atoms with van der Waals surface area (Å²) in [5.41, 5.74) is -0.950. The first-order chi connectivity index (χ1) is 5.45. The molecule has 0 spiro atoms. The van der Waals surface area contributed by atoms with E-state index in [1.165, 1.54) is 0 Å². The van der Waals surface area contributed by atoms with Gasteiger partial charge in [-0.3, -0.25) is 4.79 Å². The molecule has 0 heterocycles. The van der Waals surface area contributed by atoms with Gasteiger partial charge in [0.25, 0.3) is 0 Å². The van der Waals surface area contributed by atoms with E-state index in [1.807, 2.05) is 0 Å². The number of hydrogen-bond donors (Lipinski definition) is 4. The maximum atomic E-state index is 11.1. The topological polar surface area (TPSA) is 69.6 Å². The third-order valence-corrected chi connectivity index (χ3v) is 1.74. The molecule has 1 atom stereocenters. The first-order valence-corrected chi connectivity index (χ1v) is 4.18. The van der Waals surface area contributed by atoms with Crippen molar-refractivity contribution in [2.75, 3.05) is 13.2 Å². The molecule has 72 valence electrons. The number of amides is 1. The van der Waals surface area contributed by atoms with Crippen molar-refractivity contribution in [3.8, 4) is 0 Å². The predicted octanol–water partition coefficient (Wildman–Crippen LogP) is -0.836.